The zero-order chi connectivity index (χ0) is 21.7. The predicted octanol–water partition coefficient (Wildman–Crippen LogP) is 4.83. The first-order chi connectivity index (χ1) is 14.1. The SMILES string of the molecule is Cc1cc(SN2CCC(O)(C(F)(F)F)CC2)ccc1-c1ccc2[nH]nc(N)c2c1C. The van der Waals surface area contributed by atoms with E-state index in [2.05, 4.69) is 10.2 Å². The Bertz CT molecular complexity index is 1090. The number of benzene rings is 2. The first kappa shape index (κ1) is 21.0. The summed E-state index contributed by atoms with van der Waals surface area (Å²) in [6.07, 6.45) is -5.21. The summed E-state index contributed by atoms with van der Waals surface area (Å²) in [6.45, 7) is 4.38. The molecular formula is C21H23F3N4OS. The van der Waals surface area contributed by atoms with Gasteiger partial charge >= 0.3 is 6.18 Å². The number of alkyl halides is 3. The molecule has 0 bridgehead atoms. The van der Waals surface area contributed by atoms with Crippen molar-refractivity contribution in [3.63, 3.8) is 0 Å². The van der Waals surface area contributed by atoms with Gasteiger partial charge in [-0.15, -0.1) is 0 Å². The highest BCUT2D eigenvalue weighted by Crippen LogP contribution is 2.41. The molecule has 30 heavy (non-hydrogen) atoms. The van der Waals surface area contributed by atoms with Gasteiger partial charge in [-0.2, -0.15) is 18.3 Å². The summed E-state index contributed by atoms with van der Waals surface area (Å²) in [5.74, 6) is 0.470. The molecule has 0 radical (unpaired) electrons. The van der Waals surface area contributed by atoms with Gasteiger partial charge < -0.3 is 10.8 Å². The molecule has 0 atom stereocenters. The number of nitrogens with zero attached hydrogens (tertiary/aromatic N) is 2. The van der Waals surface area contributed by atoms with E-state index in [0.29, 0.717) is 5.82 Å². The van der Waals surface area contributed by atoms with Gasteiger partial charge in [0, 0.05) is 23.4 Å². The first-order valence-electron chi connectivity index (χ1n) is 9.65. The highest BCUT2D eigenvalue weighted by atomic mass is 32.2. The molecule has 2 aromatic carbocycles. The minimum absolute atomic E-state index is 0.178. The van der Waals surface area contributed by atoms with Crippen molar-refractivity contribution in [2.24, 2.45) is 0 Å². The maximum Gasteiger partial charge on any atom is 0.417 e. The van der Waals surface area contributed by atoms with E-state index in [4.69, 9.17) is 5.73 Å². The van der Waals surface area contributed by atoms with Crippen molar-refractivity contribution in [2.75, 3.05) is 18.8 Å². The van der Waals surface area contributed by atoms with E-state index in [-0.39, 0.29) is 25.9 Å². The Morgan fingerprint density at radius 2 is 1.80 bits per heavy atom. The quantitative estimate of drug-likeness (QED) is 0.513. The fourth-order valence-electron chi connectivity index (χ4n) is 3.98. The Morgan fingerprint density at radius 3 is 2.43 bits per heavy atom. The standard InChI is InChI=1S/C21H23F3N4OS/c1-12-11-14(30-28-9-7-20(29,8-10-28)21(22,23)24)3-4-15(12)16-5-6-17-18(13(16)2)19(25)27-26-17/h3-6,11,29H,7-10H2,1-2H3,(H3,25,26,27). The number of aliphatic hydroxyl groups is 1. The number of nitrogen functional groups attached to an aromatic ring is 1. The second kappa shape index (κ2) is 7.47. The largest absolute Gasteiger partial charge is 0.417 e. The topological polar surface area (TPSA) is 78.2 Å². The smallest absolute Gasteiger partial charge is 0.382 e. The molecule has 1 aliphatic rings. The average molecular weight is 437 g/mol. The number of halogens is 3. The number of rotatable bonds is 3. The van der Waals surface area contributed by atoms with Gasteiger partial charge in [0.15, 0.2) is 11.4 Å². The molecule has 9 heteroatoms. The number of fused-ring (bicyclic) bond motifs is 1. The summed E-state index contributed by atoms with van der Waals surface area (Å²) in [4.78, 5) is 0.954. The lowest BCUT2D eigenvalue weighted by atomic mass is 9.92. The number of nitrogens with one attached hydrogen (secondary N) is 1. The van der Waals surface area contributed by atoms with Gasteiger partial charge in [0.1, 0.15) is 0 Å². The van der Waals surface area contributed by atoms with E-state index in [1.165, 1.54) is 11.9 Å². The zero-order valence-corrected chi connectivity index (χ0v) is 17.5. The molecule has 4 N–H and O–H groups in total. The van der Waals surface area contributed by atoms with Gasteiger partial charge in [-0.1, -0.05) is 12.1 Å². The molecule has 0 saturated carbocycles. The fraction of sp³-hybridized carbons (Fsp3) is 0.381. The third-order valence-corrected chi connectivity index (χ3v) is 6.91. The van der Waals surface area contributed by atoms with E-state index in [1.54, 1.807) is 0 Å². The Hall–Kier alpha value is -2.23. The highest BCUT2D eigenvalue weighted by molar-refractivity contribution is 7.97. The minimum atomic E-state index is -4.58. The summed E-state index contributed by atoms with van der Waals surface area (Å²) < 4.78 is 40.8. The minimum Gasteiger partial charge on any atom is -0.382 e. The molecule has 0 aliphatic carbocycles. The molecule has 0 unspecified atom stereocenters. The molecule has 4 rings (SSSR count). The Balaban J connectivity index is 1.52. The summed E-state index contributed by atoms with van der Waals surface area (Å²) in [5.41, 5.74) is 8.56. The molecule has 0 amide bonds. The van der Waals surface area contributed by atoms with Gasteiger partial charge in [-0.05, 0) is 79.1 Å². The van der Waals surface area contributed by atoms with Crippen LogP contribution in [-0.4, -0.2) is 44.5 Å². The molecule has 3 aromatic rings. The van der Waals surface area contributed by atoms with Crippen molar-refractivity contribution in [1.82, 2.24) is 14.5 Å². The lowest BCUT2D eigenvalue weighted by Gasteiger charge is -2.38. The number of H-pyrrole nitrogens is 1. The van der Waals surface area contributed by atoms with Crippen LogP contribution in [0.1, 0.15) is 24.0 Å². The molecule has 1 saturated heterocycles. The molecule has 5 nitrogen and oxygen atoms in total. The fourth-order valence-corrected chi connectivity index (χ4v) is 5.00. The van der Waals surface area contributed by atoms with E-state index in [9.17, 15) is 18.3 Å². The van der Waals surface area contributed by atoms with Crippen LogP contribution in [0.3, 0.4) is 0 Å². The highest BCUT2D eigenvalue weighted by Gasteiger charge is 2.54. The maximum absolute atomic E-state index is 13.0. The van der Waals surface area contributed by atoms with Crippen molar-refractivity contribution < 1.29 is 18.3 Å². The van der Waals surface area contributed by atoms with Crippen LogP contribution in [0.4, 0.5) is 19.0 Å². The number of piperidine rings is 1. The molecule has 160 valence electrons. The van der Waals surface area contributed by atoms with E-state index in [0.717, 1.165) is 38.1 Å². The van der Waals surface area contributed by atoms with Crippen LogP contribution in [0, 0.1) is 13.8 Å². The van der Waals surface area contributed by atoms with Gasteiger partial charge in [0.05, 0.1) is 5.52 Å². The number of aryl methyl sites for hydroxylation is 2. The Kier molecular flexibility index (Phi) is 5.24. The van der Waals surface area contributed by atoms with Crippen LogP contribution in [0.2, 0.25) is 0 Å². The maximum atomic E-state index is 13.0. The molecular weight excluding hydrogens is 413 g/mol. The second-order valence-electron chi connectivity index (χ2n) is 7.80. The molecule has 2 heterocycles. The van der Waals surface area contributed by atoms with E-state index >= 15 is 0 Å². The number of aromatic nitrogens is 2. The van der Waals surface area contributed by atoms with Crippen molar-refractivity contribution in [2.45, 2.75) is 43.4 Å². The van der Waals surface area contributed by atoms with Crippen LogP contribution in [-0.2, 0) is 0 Å². The number of nitrogens with two attached hydrogens (primary N) is 1. The number of hydrogen-bond donors (Lipinski definition) is 3. The first-order valence-corrected chi connectivity index (χ1v) is 10.4. The molecule has 1 aromatic heterocycles. The third-order valence-electron chi connectivity index (χ3n) is 5.82. The summed E-state index contributed by atoms with van der Waals surface area (Å²) >= 11 is 1.42. The van der Waals surface area contributed by atoms with Gasteiger partial charge in [-0.25, -0.2) is 4.31 Å². The third kappa shape index (κ3) is 3.66. The number of anilines is 1. The molecule has 0 spiro atoms. The lowest BCUT2D eigenvalue weighted by Crippen LogP contribution is -2.52. The lowest BCUT2D eigenvalue weighted by molar-refractivity contribution is -0.270. The average Bonchev–Trinajstić information content (AvgIpc) is 3.06. The van der Waals surface area contributed by atoms with Gasteiger partial charge in [0.2, 0.25) is 0 Å². The molecule has 1 fully saturated rings. The van der Waals surface area contributed by atoms with Crippen LogP contribution >= 0.6 is 11.9 Å². The monoisotopic (exact) mass is 436 g/mol. The summed E-state index contributed by atoms with van der Waals surface area (Å²) in [6, 6.07) is 10.0. The van der Waals surface area contributed by atoms with Crippen molar-refractivity contribution in [3.05, 3.63) is 41.5 Å². The van der Waals surface area contributed by atoms with Crippen LogP contribution in [0.5, 0.6) is 0 Å². The van der Waals surface area contributed by atoms with Crippen molar-refractivity contribution in [1.29, 1.82) is 0 Å². The number of aromatic amines is 1. The Morgan fingerprint density at radius 1 is 1.13 bits per heavy atom. The van der Waals surface area contributed by atoms with Crippen LogP contribution in [0.15, 0.2) is 35.2 Å². The van der Waals surface area contributed by atoms with Gasteiger partial charge in [0.25, 0.3) is 0 Å². The second-order valence-corrected chi connectivity index (χ2v) is 8.97. The molecule has 1 aliphatic heterocycles. The van der Waals surface area contributed by atoms with Gasteiger partial charge in [-0.3, -0.25) is 5.10 Å². The zero-order valence-electron chi connectivity index (χ0n) is 16.7. The van der Waals surface area contributed by atoms with Crippen LogP contribution < -0.4 is 5.73 Å². The Labute approximate surface area is 176 Å². The van der Waals surface area contributed by atoms with Crippen molar-refractivity contribution in [3.8, 4) is 11.1 Å². The van der Waals surface area contributed by atoms with Crippen LogP contribution in [0.25, 0.3) is 22.0 Å². The van der Waals surface area contributed by atoms with E-state index < -0.39 is 11.8 Å². The summed E-state index contributed by atoms with van der Waals surface area (Å²) in [5, 5.41) is 17.7. The number of hydrogen-bond acceptors (Lipinski definition) is 5. The summed E-state index contributed by atoms with van der Waals surface area (Å²) in [7, 11) is 0. The van der Waals surface area contributed by atoms with E-state index in [1.807, 2.05) is 48.5 Å². The van der Waals surface area contributed by atoms with Crippen molar-refractivity contribution >= 4 is 28.7 Å². The predicted molar refractivity (Wildman–Crippen MR) is 113 cm³/mol. The normalized spacial score (nSPS) is 17.5.